The van der Waals surface area contributed by atoms with E-state index in [9.17, 15) is 0 Å². The van der Waals surface area contributed by atoms with E-state index in [1.54, 1.807) is 11.8 Å². The molecule has 1 aliphatic rings. The largest absolute Gasteiger partial charge is 0.370 e. The van der Waals surface area contributed by atoms with Gasteiger partial charge in [-0.2, -0.15) is 0 Å². The lowest BCUT2D eigenvalue weighted by Crippen LogP contribution is -2.16. The van der Waals surface area contributed by atoms with E-state index in [1.165, 1.54) is 32.1 Å². The Kier molecular flexibility index (Phi) is 6.61. The number of hydrogen-bond donors (Lipinski definition) is 2. The normalized spacial score (nSPS) is 22.0. The van der Waals surface area contributed by atoms with Gasteiger partial charge < -0.3 is 10.6 Å². The van der Waals surface area contributed by atoms with Gasteiger partial charge in [0.1, 0.15) is 11.6 Å². The van der Waals surface area contributed by atoms with Crippen LogP contribution in [0.1, 0.15) is 46.0 Å². The van der Waals surface area contributed by atoms with Crippen molar-refractivity contribution in [2.75, 3.05) is 30.0 Å². The molecule has 0 atom stereocenters. The summed E-state index contributed by atoms with van der Waals surface area (Å²) in [6.45, 7) is 6.35. The third kappa shape index (κ3) is 5.38. The molecule has 2 rings (SSSR count). The molecule has 118 valence electrons. The van der Waals surface area contributed by atoms with Crippen molar-refractivity contribution in [3.8, 4) is 0 Å². The molecule has 21 heavy (non-hydrogen) atoms. The van der Waals surface area contributed by atoms with E-state index in [0.717, 1.165) is 41.7 Å². The van der Waals surface area contributed by atoms with E-state index >= 15 is 0 Å². The van der Waals surface area contributed by atoms with Crippen LogP contribution in [0.25, 0.3) is 0 Å². The fourth-order valence-corrected chi connectivity index (χ4v) is 3.28. The topological polar surface area (TPSA) is 49.8 Å². The van der Waals surface area contributed by atoms with Gasteiger partial charge in [-0.3, -0.25) is 0 Å². The summed E-state index contributed by atoms with van der Waals surface area (Å²) in [4.78, 5) is 8.98. The molecule has 1 fully saturated rings. The third-order valence-electron chi connectivity index (χ3n) is 4.24. The van der Waals surface area contributed by atoms with Crippen LogP contribution in [0.15, 0.2) is 11.2 Å². The van der Waals surface area contributed by atoms with Gasteiger partial charge >= 0.3 is 0 Å². The van der Waals surface area contributed by atoms with Crippen LogP contribution in [0, 0.1) is 11.8 Å². The number of anilines is 2. The average molecular weight is 308 g/mol. The second-order valence-corrected chi connectivity index (χ2v) is 6.77. The molecule has 0 amide bonds. The molecule has 0 radical (unpaired) electrons. The van der Waals surface area contributed by atoms with Crippen molar-refractivity contribution in [1.29, 1.82) is 0 Å². The van der Waals surface area contributed by atoms with Crippen LogP contribution in [0.2, 0.25) is 0 Å². The first-order valence-electron chi connectivity index (χ1n) is 8.12. The smallest absolute Gasteiger partial charge is 0.191 e. The Balaban J connectivity index is 1.83. The number of rotatable bonds is 7. The number of nitrogens with one attached hydrogen (secondary N) is 2. The highest BCUT2D eigenvalue weighted by atomic mass is 32.2. The van der Waals surface area contributed by atoms with Crippen molar-refractivity contribution in [2.45, 2.75) is 51.1 Å². The maximum Gasteiger partial charge on any atom is 0.191 e. The number of thioether (sulfide) groups is 1. The van der Waals surface area contributed by atoms with Gasteiger partial charge in [-0.25, -0.2) is 9.97 Å². The van der Waals surface area contributed by atoms with Crippen molar-refractivity contribution in [3.63, 3.8) is 0 Å². The zero-order valence-corrected chi connectivity index (χ0v) is 14.3. The summed E-state index contributed by atoms with van der Waals surface area (Å²) >= 11 is 1.58. The highest BCUT2D eigenvalue weighted by Gasteiger charge is 2.17. The fourth-order valence-electron chi connectivity index (χ4n) is 2.90. The van der Waals surface area contributed by atoms with Gasteiger partial charge in [0.2, 0.25) is 0 Å². The van der Waals surface area contributed by atoms with Gasteiger partial charge in [-0.05, 0) is 31.4 Å². The zero-order valence-electron chi connectivity index (χ0n) is 13.5. The van der Waals surface area contributed by atoms with E-state index in [4.69, 9.17) is 0 Å². The molecule has 0 aliphatic heterocycles. The summed E-state index contributed by atoms with van der Waals surface area (Å²) in [5.41, 5.74) is 0. The highest BCUT2D eigenvalue weighted by molar-refractivity contribution is 7.98. The molecule has 4 nitrogen and oxygen atoms in total. The molecular weight excluding hydrogens is 280 g/mol. The molecule has 0 spiro atoms. The molecule has 0 saturated heterocycles. The van der Waals surface area contributed by atoms with Gasteiger partial charge in [0.25, 0.3) is 0 Å². The molecule has 2 N–H and O–H groups in total. The minimum Gasteiger partial charge on any atom is -0.370 e. The molecule has 1 aromatic heterocycles. The summed E-state index contributed by atoms with van der Waals surface area (Å²) in [6, 6.07) is 2.01. The lowest BCUT2D eigenvalue weighted by atomic mass is 9.81. The monoisotopic (exact) mass is 308 g/mol. The van der Waals surface area contributed by atoms with Crippen molar-refractivity contribution in [1.82, 2.24) is 9.97 Å². The van der Waals surface area contributed by atoms with Gasteiger partial charge in [0.05, 0.1) is 0 Å². The van der Waals surface area contributed by atoms with Crippen LogP contribution < -0.4 is 10.6 Å². The van der Waals surface area contributed by atoms with E-state index in [0.29, 0.717) is 0 Å². The molecule has 1 heterocycles. The van der Waals surface area contributed by atoms with Crippen molar-refractivity contribution in [3.05, 3.63) is 6.07 Å². The Bertz CT molecular complexity index is 430. The molecule has 1 aliphatic carbocycles. The van der Waals surface area contributed by atoms with Crippen molar-refractivity contribution >= 4 is 23.4 Å². The SMILES string of the molecule is CCNc1cc(NCCC2CCC(C)CC2)nc(SC)n1. The minimum atomic E-state index is 0.822. The standard InChI is InChI=1S/C16H28N4S/c1-4-17-14-11-15(20-16(19-14)21-3)18-10-9-13-7-5-12(2)6-8-13/h11-13H,4-10H2,1-3H3,(H2,17,18,19,20). The second-order valence-electron chi connectivity index (χ2n) is 6.00. The summed E-state index contributed by atoms with van der Waals surface area (Å²) in [6.07, 6.45) is 8.86. The van der Waals surface area contributed by atoms with Crippen LogP contribution in [0.5, 0.6) is 0 Å². The van der Waals surface area contributed by atoms with E-state index in [-0.39, 0.29) is 0 Å². The van der Waals surface area contributed by atoms with Crippen LogP contribution in [-0.2, 0) is 0 Å². The Hall–Kier alpha value is -0.970. The first-order valence-corrected chi connectivity index (χ1v) is 9.34. The second kappa shape index (κ2) is 8.47. The van der Waals surface area contributed by atoms with Crippen LogP contribution in [0.4, 0.5) is 11.6 Å². The van der Waals surface area contributed by atoms with Crippen molar-refractivity contribution in [2.24, 2.45) is 11.8 Å². The quantitative estimate of drug-likeness (QED) is 0.582. The molecule has 1 saturated carbocycles. The van der Waals surface area contributed by atoms with Gasteiger partial charge in [-0.1, -0.05) is 44.4 Å². The first-order chi connectivity index (χ1) is 10.2. The lowest BCUT2D eigenvalue weighted by Gasteiger charge is -2.26. The van der Waals surface area contributed by atoms with E-state index < -0.39 is 0 Å². The Labute approximate surface area is 132 Å². The minimum absolute atomic E-state index is 0.822. The molecule has 1 aromatic rings. The molecule has 5 heteroatoms. The predicted molar refractivity (Wildman–Crippen MR) is 92.2 cm³/mol. The molecule has 0 bridgehead atoms. The van der Waals surface area contributed by atoms with Crippen LogP contribution in [-0.4, -0.2) is 29.3 Å². The number of hydrogen-bond acceptors (Lipinski definition) is 5. The summed E-state index contributed by atoms with van der Waals surface area (Å²) < 4.78 is 0. The fraction of sp³-hybridized carbons (Fsp3) is 0.750. The number of aromatic nitrogens is 2. The van der Waals surface area contributed by atoms with Crippen LogP contribution in [0.3, 0.4) is 0 Å². The Morgan fingerprint density at radius 1 is 1.14 bits per heavy atom. The Morgan fingerprint density at radius 2 is 1.81 bits per heavy atom. The van der Waals surface area contributed by atoms with Crippen molar-refractivity contribution < 1.29 is 0 Å². The predicted octanol–water partition coefficient (Wildman–Crippen LogP) is 4.26. The van der Waals surface area contributed by atoms with Gasteiger partial charge in [-0.15, -0.1) is 0 Å². The Morgan fingerprint density at radius 3 is 2.43 bits per heavy atom. The lowest BCUT2D eigenvalue weighted by molar-refractivity contribution is 0.282. The maximum absolute atomic E-state index is 4.53. The molecule has 0 aromatic carbocycles. The van der Waals surface area contributed by atoms with Gasteiger partial charge in [0, 0.05) is 19.2 Å². The maximum atomic E-state index is 4.53. The van der Waals surface area contributed by atoms with Crippen LogP contribution >= 0.6 is 11.8 Å². The first kappa shape index (κ1) is 16.4. The summed E-state index contributed by atoms with van der Waals surface area (Å²) in [5, 5.41) is 7.56. The van der Waals surface area contributed by atoms with E-state index in [1.807, 2.05) is 12.3 Å². The molecule has 0 unspecified atom stereocenters. The third-order valence-corrected chi connectivity index (χ3v) is 4.79. The molecular formula is C16H28N4S. The number of nitrogens with zero attached hydrogens (tertiary/aromatic N) is 2. The van der Waals surface area contributed by atoms with Gasteiger partial charge in [0.15, 0.2) is 5.16 Å². The summed E-state index contributed by atoms with van der Waals surface area (Å²) in [7, 11) is 0. The average Bonchev–Trinajstić information content (AvgIpc) is 2.49. The summed E-state index contributed by atoms with van der Waals surface area (Å²) in [5.74, 6) is 3.67. The highest BCUT2D eigenvalue weighted by Crippen LogP contribution is 2.30. The van der Waals surface area contributed by atoms with E-state index in [2.05, 4.69) is 34.4 Å². The zero-order chi connectivity index (χ0) is 15.1.